The Kier molecular flexibility index (Phi) is 9.49. The molecule has 3 heterocycles. The van der Waals surface area contributed by atoms with Gasteiger partial charge in [0.05, 0.1) is 13.2 Å². The van der Waals surface area contributed by atoms with Crippen LogP contribution in [0.3, 0.4) is 0 Å². The van der Waals surface area contributed by atoms with Crippen molar-refractivity contribution in [2.75, 3.05) is 25.0 Å². The lowest BCUT2D eigenvalue weighted by molar-refractivity contribution is -0.119. The topological polar surface area (TPSA) is 133 Å². The van der Waals surface area contributed by atoms with E-state index < -0.39 is 0 Å². The Morgan fingerprint density at radius 2 is 1.72 bits per heavy atom. The molecule has 2 amide bonds. The van der Waals surface area contributed by atoms with Crippen molar-refractivity contribution in [1.82, 2.24) is 30.5 Å². The summed E-state index contributed by atoms with van der Waals surface area (Å²) in [5, 5.41) is 26.1. The summed E-state index contributed by atoms with van der Waals surface area (Å²) < 4.78 is 1.79. The van der Waals surface area contributed by atoms with Crippen LogP contribution in [0.15, 0.2) is 79.0 Å². The molecule has 2 aromatic heterocycles. The molecule has 5 aromatic rings. The van der Waals surface area contributed by atoms with Gasteiger partial charge in [-0.15, -0.1) is 5.10 Å². The van der Waals surface area contributed by atoms with Crippen LogP contribution < -0.4 is 21.3 Å². The molecule has 1 aliphatic rings. The summed E-state index contributed by atoms with van der Waals surface area (Å²) in [7, 11) is 0. The van der Waals surface area contributed by atoms with E-state index >= 15 is 0 Å². The summed E-state index contributed by atoms with van der Waals surface area (Å²) in [6.45, 7) is 6.63. The first kappa shape index (κ1) is 31.1. The average Bonchev–Trinajstić information content (AvgIpc) is 3.67. The number of aromatic nitrogens is 3. The summed E-state index contributed by atoms with van der Waals surface area (Å²) in [4.78, 5) is 29.3. The monoisotopic (exact) mass is 617 g/mol. The van der Waals surface area contributed by atoms with Gasteiger partial charge in [-0.1, -0.05) is 42.5 Å². The molecule has 3 aromatic carbocycles. The summed E-state index contributed by atoms with van der Waals surface area (Å²) >= 11 is 0. The van der Waals surface area contributed by atoms with Crippen molar-refractivity contribution in [1.29, 1.82) is 0 Å². The molecule has 1 fully saturated rings. The largest absolute Gasteiger partial charge is 0.395 e. The summed E-state index contributed by atoms with van der Waals surface area (Å²) in [6.07, 6.45) is 3.38. The van der Waals surface area contributed by atoms with Crippen LogP contribution in [0.4, 0.5) is 5.69 Å². The molecule has 5 N–H and O–H groups in total. The minimum Gasteiger partial charge on any atom is -0.395 e. The van der Waals surface area contributed by atoms with Crippen molar-refractivity contribution in [3.63, 3.8) is 0 Å². The van der Waals surface area contributed by atoms with Crippen LogP contribution >= 0.6 is 0 Å². The molecule has 236 valence electrons. The first-order chi connectivity index (χ1) is 22.4. The predicted molar refractivity (Wildman–Crippen MR) is 179 cm³/mol. The highest BCUT2D eigenvalue weighted by atomic mass is 16.3. The maximum atomic E-state index is 13.1. The van der Waals surface area contributed by atoms with Crippen molar-refractivity contribution < 1.29 is 14.7 Å². The zero-order chi connectivity index (χ0) is 32.0. The van der Waals surface area contributed by atoms with Gasteiger partial charge in [0.2, 0.25) is 5.91 Å². The van der Waals surface area contributed by atoms with Crippen molar-refractivity contribution in [3.05, 3.63) is 107 Å². The van der Waals surface area contributed by atoms with Crippen molar-refractivity contribution >= 4 is 23.1 Å². The molecule has 0 bridgehead atoms. The zero-order valence-electron chi connectivity index (χ0n) is 26.1. The Morgan fingerprint density at radius 1 is 0.957 bits per heavy atom. The first-order valence-electron chi connectivity index (χ1n) is 15.7. The molecule has 10 heteroatoms. The molecule has 0 unspecified atom stereocenters. The number of aliphatic hydroxyl groups excluding tert-OH is 1. The maximum Gasteiger partial charge on any atom is 0.255 e. The van der Waals surface area contributed by atoms with Gasteiger partial charge in [0.25, 0.3) is 5.91 Å². The smallest absolute Gasteiger partial charge is 0.255 e. The number of carbonyl (C=O) groups is 2. The standard InChI is InChI=1S/C36H39N7O3/c1-23-29(27-15-17-43-34(19-27)41-33(42-43)22-38-21-28-13-14-35(45)39-28)5-3-6-30(23)31-7-4-8-32(24(31)2)40-36(46)26-11-9-25(10-12-26)20-37-16-18-44/h3-12,15,17,19,28,37-38,44H,13-14,16,18,20-22H2,1-2H3,(H,39,45)(H,40,46)/t28-/m0/s1. The fourth-order valence-corrected chi connectivity index (χ4v) is 5.94. The number of rotatable bonds is 12. The number of nitrogens with zero attached hydrogens (tertiary/aromatic N) is 3. The number of pyridine rings is 1. The van der Waals surface area contributed by atoms with E-state index in [1.165, 1.54) is 0 Å². The van der Waals surface area contributed by atoms with Crippen molar-refractivity contribution in [2.45, 2.75) is 45.8 Å². The molecule has 1 atom stereocenters. The third-order valence-corrected chi connectivity index (χ3v) is 8.49. The van der Waals surface area contributed by atoms with Crippen molar-refractivity contribution in [2.24, 2.45) is 0 Å². The highest BCUT2D eigenvalue weighted by molar-refractivity contribution is 6.05. The quantitative estimate of drug-likeness (QED) is 0.131. The molecule has 46 heavy (non-hydrogen) atoms. The molecule has 0 spiro atoms. The predicted octanol–water partition coefficient (Wildman–Crippen LogP) is 4.38. The number of fused-ring (bicyclic) bond motifs is 1. The summed E-state index contributed by atoms with van der Waals surface area (Å²) in [5.74, 6) is 0.649. The normalized spacial score (nSPS) is 14.5. The van der Waals surface area contributed by atoms with Crippen molar-refractivity contribution in [3.8, 4) is 22.3 Å². The Morgan fingerprint density at radius 3 is 2.48 bits per heavy atom. The van der Waals surface area contributed by atoms with E-state index in [1.807, 2.05) is 49.5 Å². The van der Waals surface area contributed by atoms with Crippen LogP contribution in [0, 0.1) is 13.8 Å². The fraction of sp³-hybridized carbons (Fsp3) is 0.278. The van der Waals surface area contributed by atoms with Gasteiger partial charge in [-0.3, -0.25) is 9.59 Å². The number of benzene rings is 3. The Bertz CT molecular complexity index is 1870. The maximum absolute atomic E-state index is 13.1. The van der Waals surface area contributed by atoms with Crippen LogP contribution in [-0.2, 0) is 17.9 Å². The highest BCUT2D eigenvalue weighted by Crippen LogP contribution is 2.35. The lowest BCUT2D eigenvalue weighted by Gasteiger charge is -2.17. The molecule has 10 nitrogen and oxygen atoms in total. The molecular formula is C36H39N7O3. The molecule has 6 rings (SSSR count). The summed E-state index contributed by atoms with van der Waals surface area (Å²) in [6, 6.07) is 24.0. The second-order valence-corrected chi connectivity index (χ2v) is 11.7. The van der Waals surface area contributed by atoms with E-state index in [-0.39, 0.29) is 24.5 Å². The number of anilines is 1. The van der Waals surface area contributed by atoms with Crippen LogP contribution in [0.1, 0.15) is 45.7 Å². The Balaban J connectivity index is 1.17. The zero-order valence-corrected chi connectivity index (χ0v) is 26.1. The first-order valence-corrected chi connectivity index (χ1v) is 15.7. The van der Waals surface area contributed by atoms with E-state index in [2.05, 4.69) is 69.7 Å². The van der Waals surface area contributed by atoms with Gasteiger partial charge in [-0.05, 0) is 89.5 Å². The van der Waals surface area contributed by atoms with Gasteiger partial charge in [-0.2, -0.15) is 0 Å². The minimum atomic E-state index is -0.165. The highest BCUT2D eigenvalue weighted by Gasteiger charge is 2.20. The summed E-state index contributed by atoms with van der Waals surface area (Å²) in [5.41, 5.74) is 9.57. The number of carbonyl (C=O) groups excluding carboxylic acids is 2. The Hall–Kier alpha value is -4.90. The van der Waals surface area contributed by atoms with E-state index in [4.69, 9.17) is 10.1 Å². The second-order valence-electron chi connectivity index (χ2n) is 11.7. The number of nitrogens with one attached hydrogen (secondary N) is 4. The van der Waals surface area contributed by atoms with Crippen LogP contribution in [0.2, 0.25) is 0 Å². The van der Waals surface area contributed by atoms with Gasteiger partial charge in [-0.25, -0.2) is 9.50 Å². The van der Waals surface area contributed by atoms with Crippen LogP contribution in [0.5, 0.6) is 0 Å². The fourth-order valence-electron chi connectivity index (χ4n) is 5.94. The number of hydrogen-bond donors (Lipinski definition) is 5. The molecular weight excluding hydrogens is 578 g/mol. The molecule has 0 radical (unpaired) electrons. The molecule has 1 aliphatic heterocycles. The van der Waals surface area contributed by atoms with Gasteiger partial charge in [0, 0.05) is 49.5 Å². The number of hydrogen-bond acceptors (Lipinski definition) is 7. The SMILES string of the molecule is Cc1c(NC(=O)c2ccc(CNCCO)cc2)cccc1-c1cccc(-c2ccn3nc(CNC[C@@H]4CCC(=O)N4)nc3c2)c1C. The molecule has 0 saturated carbocycles. The van der Waals surface area contributed by atoms with Gasteiger partial charge < -0.3 is 26.4 Å². The third kappa shape index (κ3) is 6.99. The minimum absolute atomic E-state index is 0.0892. The second kappa shape index (κ2) is 14.0. The van der Waals surface area contributed by atoms with Gasteiger partial charge in [0.15, 0.2) is 11.5 Å². The number of amides is 2. The third-order valence-electron chi connectivity index (χ3n) is 8.49. The van der Waals surface area contributed by atoms with Crippen LogP contribution in [0.25, 0.3) is 27.9 Å². The lowest BCUT2D eigenvalue weighted by Crippen LogP contribution is -2.35. The van der Waals surface area contributed by atoms with E-state index in [1.54, 1.807) is 4.52 Å². The van der Waals surface area contributed by atoms with E-state index in [0.29, 0.717) is 44.0 Å². The van der Waals surface area contributed by atoms with Crippen LogP contribution in [-0.4, -0.2) is 57.3 Å². The van der Waals surface area contributed by atoms with Gasteiger partial charge in [0.1, 0.15) is 0 Å². The van der Waals surface area contributed by atoms with E-state index in [9.17, 15) is 9.59 Å². The molecule has 0 aliphatic carbocycles. The molecule has 1 saturated heterocycles. The average molecular weight is 618 g/mol. The number of aliphatic hydroxyl groups is 1. The lowest BCUT2D eigenvalue weighted by atomic mass is 9.90. The van der Waals surface area contributed by atoms with E-state index in [0.717, 1.165) is 56.7 Å². The van der Waals surface area contributed by atoms with Gasteiger partial charge >= 0.3 is 0 Å². The Labute approximate surface area is 268 Å².